The first-order chi connectivity index (χ1) is 17.6. The third-order valence-electron chi connectivity index (χ3n) is 5.35. The van der Waals surface area contributed by atoms with E-state index in [1.165, 1.54) is 12.1 Å². The number of anilines is 3. The Hall–Kier alpha value is -3.59. The summed E-state index contributed by atoms with van der Waals surface area (Å²) in [7, 11) is 0. The Morgan fingerprint density at radius 1 is 1.00 bits per heavy atom. The van der Waals surface area contributed by atoms with Crippen LogP contribution in [0.5, 0.6) is 5.75 Å². The third kappa shape index (κ3) is 6.40. The highest BCUT2D eigenvalue weighted by Gasteiger charge is 2.32. The van der Waals surface area contributed by atoms with E-state index >= 15 is 0 Å². The lowest BCUT2D eigenvalue weighted by molar-refractivity contribution is -0.118. The Morgan fingerprint density at radius 2 is 1.73 bits per heavy atom. The summed E-state index contributed by atoms with van der Waals surface area (Å²) in [6.45, 7) is 3.67. The maximum atomic E-state index is 12.8. The van der Waals surface area contributed by atoms with Gasteiger partial charge < -0.3 is 15.4 Å². The number of ether oxygens (including phenoxy) is 1. The predicted molar refractivity (Wildman–Crippen MR) is 146 cm³/mol. The molecule has 1 aliphatic rings. The minimum atomic E-state index is -0.582. The quantitative estimate of drug-likeness (QED) is 0.370. The van der Waals surface area contributed by atoms with E-state index in [9.17, 15) is 14.4 Å². The SMILES string of the molecule is Cc1ccc(NC(=O)COc2cccc(NC(=O)C3=NN(c4c(Cl)cc(Cl)cc4Cl)C(=O)C3)c2)c(C)c1. The highest BCUT2D eigenvalue weighted by molar-refractivity contribution is 6.49. The van der Waals surface area contributed by atoms with Crippen LogP contribution in [-0.2, 0) is 14.4 Å². The Bertz CT molecular complexity index is 1420. The minimum absolute atomic E-state index is 0.0220. The first-order valence-electron chi connectivity index (χ1n) is 11.1. The predicted octanol–water partition coefficient (Wildman–Crippen LogP) is 6.01. The zero-order chi connectivity index (χ0) is 26.7. The van der Waals surface area contributed by atoms with Gasteiger partial charge in [0.1, 0.15) is 17.1 Å². The van der Waals surface area contributed by atoms with Crippen LogP contribution in [-0.4, -0.2) is 30.0 Å². The third-order valence-corrected chi connectivity index (χ3v) is 6.14. The molecule has 0 saturated carbocycles. The van der Waals surface area contributed by atoms with Crippen LogP contribution in [0.1, 0.15) is 17.5 Å². The molecule has 0 aromatic heterocycles. The molecular formula is C26H21Cl3N4O4. The van der Waals surface area contributed by atoms with Gasteiger partial charge in [0.05, 0.1) is 16.5 Å². The topological polar surface area (TPSA) is 100 Å². The van der Waals surface area contributed by atoms with Crippen molar-refractivity contribution >= 4 is 75.3 Å². The van der Waals surface area contributed by atoms with Crippen molar-refractivity contribution in [2.45, 2.75) is 20.3 Å². The van der Waals surface area contributed by atoms with Crippen LogP contribution in [0.4, 0.5) is 17.1 Å². The van der Waals surface area contributed by atoms with Crippen molar-refractivity contribution in [1.82, 2.24) is 0 Å². The molecule has 0 radical (unpaired) electrons. The standard InChI is InChI=1S/C26H21Cl3N4O4/c1-14-6-7-21(15(2)8-14)31-23(34)13-37-18-5-3-4-17(11-18)30-26(36)22-12-24(35)33(32-22)25-19(28)9-16(27)10-20(25)29/h3-11H,12-13H2,1-2H3,(H,30,36)(H,31,34). The molecule has 1 heterocycles. The van der Waals surface area contributed by atoms with E-state index < -0.39 is 11.8 Å². The minimum Gasteiger partial charge on any atom is -0.484 e. The molecule has 0 atom stereocenters. The van der Waals surface area contributed by atoms with E-state index in [1.54, 1.807) is 24.3 Å². The summed E-state index contributed by atoms with van der Waals surface area (Å²) in [5.74, 6) is -0.996. The second-order valence-corrected chi connectivity index (χ2v) is 9.54. The molecule has 0 aliphatic carbocycles. The molecule has 3 amide bonds. The number of amides is 3. The molecule has 0 unspecified atom stereocenters. The highest BCUT2D eigenvalue weighted by atomic mass is 35.5. The van der Waals surface area contributed by atoms with Crippen LogP contribution in [0.25, 0.3) is 0 Å². The van der Waals surface area contributed by atoms with Gasteiger partial charge >= 0.3 is 0 Å². The number of nitrogens with one attached hydrogen (secondary N) is 2. The number of carbonyl (C=O) groups is 3. The summed E-state index contributed by atoms with van der Waals surface area (Å²) in [5.41, 5.74) is 3.28. The molecule has 8 nitrogen and oxygen atoms in total. The van der Waals surface area contributed by atoms with Crippen molar-refractivity contribution in [3.8, 4) is 5.75 Å². The number of hydrogen-bond acceptors (Lipinski definition) is 5. The van der Waals surface area contributed by atoms with Gasteiger partial charge in [-0.3, -0.25) is 14.4 Å². The van der Waals surface area contributed by atoms with Gasteiger partial charge in [0.15, 0.2) is 6.61 Å². The van der Waals surface area contributed by atoms with Gasteiger partial charge in [-0.2, -0.15) is 10.1 Å². The smallest absolute Gasteiger partial charge is 0.272 e. The summed E-state index contributed by atoms with van der Waals surface area (Å²) < 4.78 is 5.58. The largest absolute Gasteiger partial charge is 0.484 e. The van der Waals surface area contributed by atoms with Gasteiger partial charge in [0.2, 0.25) is 0 Å². The lowest BCUT2D eigenvalue weighted by Gasteiger charge is -2.15. The molecule has 2 N–H and O–H groups in total. The molecule has 190 valence electrons. The van der Waals surface area contributed by atoms with Gasteiger partial charge in [0.25, 0.3) is 17.7 Å². The van der Waals surface area contributed by atoms with E-state index in [-0.39, 0.29) is 40.4 Å². The molecule has 3 aromatic carbocycles. The van der Waals surface area contributed by atoms with Gasteiger partial charge in [-0.25, -0.2) is 0 Å². The fraction of sp³-hybridized carbons (Fsp3) is 0.154. The number of benzene rings is 3. The molecule has 37 heavy (non-hydrogen) atoms. The molecule has 0 spiro atoms. The van der Waals surface area contributed by atoms with Crippen LogP contribution >= 0.6 is 34.8 Å². The lowest BCUT2D eigenvalue weighted by Crippen LogP contribution is -2.22. The Kier molecular flexibility index (Phi) is 8.02. The fourth-order valence-electron chi connectivity index (χ4n) is 3.62. The second-order valence-electron chi connectivity index (χ2n) is 8.28. The van der Waals surface area contributed by atoms with Gasteiger partial charge in [-0.05, 0) is 49.7 Å². The zero-order valence-electron chi connectivity index (χ0n) is 19.8. The van der Waals surface area contributed by atoms with Gasteiger partial charge in [-0.1, -0.05) is 58.6 Å². The summed E-state index contributed by atoms with van der Waals surface area (Å²) in [6, 6.07) is 15.1. The highest BCUT2D eigenvalue weighted by Crippen LogP contribution is 2.38. The first kappa shape index (κ1) is 26.5. The number of halogens is 3. The maximum absolute atomic E-state index is 12.8. The van der Waals surface area contributed by atoms with Crippen LogP contribution in [0.2, 0.25) is 15.1 Å². The average Bonchev–Trinajstić information content (AvgIpc) is 3.20. The van der Waals surface area contributed by atoms with Crippen molar-refractivity contribution in [3.63, 3.8) is 0 Å². The molecule has 0 saturated heterocycles. The summed E-state index contributed by atoms with van der Waals surface area (Å²) >= 11 is 18.3. The van der Waals surface area contributed by atoms with Gasteiger partial charge in [0, 0.05) is 22.5 Å². The van der Waals surface area contributed by atoms with E-state index in [1.807, 2.05) is 32.0 Å². The van der Waals surface area contributed by atoms with Crippen LogP contribution < -0.4 is 20.4 Å². The molecule has 11 heteroatoms. The summed E-state index contributed by atoms with van der Waals surface area (Å²) in [4.78, 5) is 37.6. The van der Waals surface area contributed by atoms with E-state index in [2.05, 4.69) is 15.7 Å². The first-order valence-corrected chi connectivity index (χ1v) is 12.2. The molecule has 1 aliphatic heterocycles. The Balaban J connectivity index is 1.39. The Morgan fingerprint density at radius 3 is 2.43 bits per heavy atom. The molecule has 4 rings (SSSR count). The number of hydrazone groups is 1. The number of carbonyl (C=O) groups excluding carboxylic acids is 3. The van der Waals surface area contributed by atoms with E-state index in [4.69, 9.17) is 39.5 Å². The molecular weight excluding hydrogens is 539 g/mol. The normalized spacial score (nSPS) is 12.8. The molecule has 0 bridgehead atoms. The fourth-order valence-corrected chi connectivity index (χ4v) is 4.60. The molecule has 3 aromatic rings. The van der Waals surface area contributed by atoms with Crippen molar-refractivity contribution in [3.05, 3.63) is 80.8 Å². The molecule has 0 fully saturated rings. The maximum Gasteiger partial charge on any atom is 0.272 e. The number of aryl methyl sites for hydroxylation is 2. The van der Waals surface area contributed by atoms with Crippen molar-refractivity contribution in [2.24, 2.45) is 5.10 Å². The van der Waals surface area contributed by atoms with Crippen molar-refractivity contribution in [2.75, 3.05) is 22.2 Å². The average molecular weight is 560 g/mol. The van der Waals surface area contributed by atoms with Crippen LogP contribution in [0, 0.1) is 13.8 Å². The Labute approximate surface area is 228 Å². The van der Waals surface area contributed by atoms with Gasteiger partial charge in [-0.15, -0.1) is 0 Å². The lowest BCUT2D eigenvalue weighted by atomic mass is 10.1. The van der Waals surface area contributed by atoms with Crippen LogP contribution in [0.3, 0.4) is 0 Å². The zero-order valence-corrected chi connectivity index (χ0v) is 22.0. The number of hydrogen-bond donors (Lipinski definition) is 2. The van der Waals surface area contributed by atoms with Crippen LogP contribution in [0.15, 0.2) is 59.7 Å². The summed E-state index contributed by atoms with van der Waals surface area (Å²) in [6.07, 6.45) is -0.240. The number of nitrogens with zero attached hydrogens (tertiary/aromatic N) is 2. The van der Waals surface area contributed by atoms with E-state index in [0.29, 0.717) is 22.1 Å². The van der Waals surface area contributed by atoms with Crippen molar-refractivity contribution < 1.29 is 19.1 Å². The second kappa shape index (κ2) is 11.2. The van der Waals surface area contributed by atoms with Crippen molar-refractivity contribution in [1.29, 1.82) is 0 Å². The van der Waals surface area contributed by atoms with E-state index in [0.717, 1.165) is 16.1 Å². The monoisotopic (exact) mass is 558 g/mol. The number of rotatable bonds is 7. The summed E-state index contributed by atoms with van der Waals surface area (Å²) in [5, 5.41) is 11.2.